The Morgan fingerprint density at radius 3 is 2.62 bits per heavy atom. The van der Waals surface area contributed by atoms with Crippen molar-refractivity contribution in [1.29, 1.82) is 0 Å². The van der Waals surface area contributed by atoms with E-state index in [1.54, 1.807) is 0 Å². The number of nitrogens with zero attached hydrogens (tertiary/aromatic N) is 1. The molecule has 0 aromatic carbocycles. The number of carbonyl (C=O) groups excluding carboxylic acids is 1. The van der Waals surface area contributed by atoms with Crippen LogP contribution in [0.15, 0.2) is 23.1 Å². The highest BCUT2D eigenvalue weighted by molar-refractivity contribution is 5.93. The molecule has 0 aliphatic heterocycles. The first-order chi connectivity index (χ1) is 7.29. The number of hydrogen-bond acceptors (Lipinski definition) is 2. The molecule has 88 valence electrons. The normalized spacial score (nSPS) is 11.2. The van der Waals surface area contributed by atoms with E-state index in [1.165, 1.54) is 12.3 Å². The molecule has 1 heterocycles. The molecule has 0 radical (unpaired) electrons. The predicted molar refractivity (Wildman–Crippen MR) is 50.1 cm³/mol. The lowest BCUT2D eigenvalue weighted by Crippen LogP contribution is -2.36. The van der Waals surface area contributed by atoms with Crippen molar-refractivity contribution in [2.75, 3.05) is 13.6 Å². The van der Waals surface area contributed by atoms with Crippen LogP contribution in [-0.4, -0.2) is 35.6 Å². The highest BCUT2D eigenvalue weighted by Gasteiger charge is 2.31. The Bertz CT molecular complexity index is 439. The lowest BCUT2D eigenvalue weighted by atomic mass is 10.2. The van der Waals surface area contributed by atoms with E-state index in [0.29, 0.717) is 4.90 Å². The van der Waals surface area contributed by atoms with Crippen molar-refractivity contribution >= 4 is 5.91 Å². The molecule has 0 aliphatic rings. The first-order valence-electron chi connectivity index (χ1n) is 4.30. The average Bonchev–Trinajstić information content (AvgIpc) is 2.14. The topological polar surface area (TPSA) is 53.2 Å². The van der Waals surface area contributed by atoms with E-state index in [0.717, 1.165) is 13.1 Å². The Kier molecular flexibility index (Phi) is 3.36. The summed E-state index contributed by atoms with van der Waals surface area (Å²) >= 11 is 0. The van der Waals surface area contributed by atoms with Crippen molar-refractivity contribution in [3.63, 3.8) is 0 Å². The minimum Gasteiger partial charge on any atom is -0.333 e. The molecular formula is C9H9F3N2O2. The Labute approximate surface area is 88.7 Å². The van der Waals surface area contributed by atoms with Gasteiger partial charge in [0.25, 0.3) is 5.91 Å². The monoisotopic (exact) mass is 234 g/mol. The van der Waals surface area contributed by atoms with Gasteiger partial charge in [0.15, 0.2) is 0 Å². The van der Waals surface area contributed by atoms with Crippen molar-refractivity contribution in [2.45, 2.75) is 6.18 Å². The zero-order valence-electron chi connectivity index (χ0n) is 8.34. The van der Waals surface area contributed by atoms with Crippen LogP contribution in [0.25, 0.3) is 0 Å². The highest BCUT2D eigenvalue weighted by atomic mass is 19.4. The number of rotatable bonds is 2. The van der Waals surface area contributed by atoms with Crippen LogP contribution >= 0.6 is 0 Å². The van der Waals surface area contributed by atoms with Crippen LogP contribution < -0.4 is 5.56 Å². The van der Waals surface area contributed by atoms with Gasteiger partial charge in [0, 0.05) is 24.9 Å². The van der Waals surface area contributed by atoms with Gasteiger partial charge in [0.2, 0.25) is 5.56 Å². The fraction of sp³-hybridized carbons (Fsp3) is 0.333. The van der Waals surface area contributed by atoms with Gasteiger partial charge in [-0.05, 0) is 6.07 Å². The maximum absolute atomic E-state index is 12.0. The first kappa shape index (κ1) is 12.3. The van der Waals surface area contributed by atoms with Crippen LogP contribution in [0.3, 0.4) is 0 Å². The number of H-pyrrole nitrogens is 1. The third kappa shape index (κ3) is 3.41. The molecule has 0 saturated heterocycles. The summed E-state index contributed by atoms with van der Waals surface area (Å²) in [4.78, 5) is 25.1. The zero-order chi connectivity index (χ0) is 12.3. The Hall–Kier alpha value is -1.79. The van der Waals surface area contributed by atoms with Crippen molar-refractivity contribution in [3.8, 4) is 0 Å². The minimum atomic E-state index is -4.45. The van der Waals surface area contributed by atoms with Crippen molar-refractivity contribution < 1.29 is 18.0 Å². The van der Waals surface area contributed by atoms with Crippen LogP contribution in [0.1, 0.15) is 10.4 Å². The van der Waals surface area contributed by atoms with Crippen molar-refractivity contribution in [2.24, 2.45) is 0 Å². The molecule has 1 rings (SSSR count). The van der Waals surface area contributed by atoms with E-state index in [-0.39, 0.29) is 5.56 Å². The molecular weight excluding hydrogens is 225 g/mol. The van der Waals surface area contributed by atoms with Gasteiger partial charge < -0.3 is 9.88 Å². The largest absolute Gasteiger partial charge is 0.406 e. The average molecular weight is 234 g/mol. The van der Waals surface area contributed by atoms with Gasteiger partial charge in [0.1, 0.15) is 6.54 Å². The second kappa shape index (κ2) is 4.38. The van der Waals surface area contributed by atoms with E-state index in [9.17, 15) is 22.8 Å². The number of aromatic nitrogens is 1. The fourth-order valence-electron chi connectivity index (χ4n) is 1.14. The number of hydrogen-bond donors (Lipinski definition) is 1. The van der Waals surface area contributed by atoms with Gasteiger partial charge in [-0.1, -0.05) is 0 Å². The van der Waals surface area contributed by atoms with E-state index >= 15 is 0 Å². The Morgan fingerprint density at radius 1 is 1.50 bits per heavy atom. The van der Waals surface area contributed by atoms with Gasteiger partial charge >= 0.3 is 6.18 Å². The molecule has 1 amide bonds. The third-order valence-corrected chi connectivity index (χ3v) is 1.79. The molecule has 1 aromatic rings. The number of amides is 1. The summed E-state index contributed by atoms with van der Waals surface area (Å²) in [6.45, 7) is -1.35. The molecule has 0 fully saturated rings. The second-order valence-corrected chi connectivity index (χ2v) is 3.22. The number of pyridine rings is 1. The molecule has 0 unspecified atom stereocenters. The van der Waals surface area contributed by atoms with E-state index < -0.39 is 24.2 Å². The van der Waals surface area contributed by atoms with Crippen molar-refractivity contribution in [1.82, 2.24) is 9.88 Å². The summed E-state index contributed by atoms with van der Waals surface area (Å²) in [5, 5.41) is 0. The third-order valence-electron chi connectivity index (χ3n) is 1.79. The zero-order valence-corrected chi connectivity index (χ0v) is 8.34. The summed E-state index contributed by atoms with van der Waals surface area (Å²) in [5.41, 5.74) is -0.609. The Morgan fingerprint density at radius 2 is 2.12 bits per heavy atom. The number of halogens is 3. The molecule has 4 nitrogen and oxygen atoms in total. The van der Waals surface area contributed by atoms with Crippen LogP contribution in [0, 0.1) is 0 Å². The number of nitrogens with one attached hydrogen (secondary N) is 1. The molecule has 1 N–H and O–H groups in total. The molecule has 0 saturated carbocycles. The maximum atomic E-state index is 12.0. The van der Waals surface area contributed by atoms with E-state index in [1.807, 2.05) is 0 Å². The number of alkyl halides is 3. The molecule has 1 aromatic heterocycles. The lowest BCUT2D eigenvalue weighted by molar-refractivity contribution is -0.138. The van der Waals surface area contributed by atoms with Crippen LogP contribution in [0.5, 0.6) is 0 Å². The molecule has 0 atom stereocenters. The summed E-state index contributed by atoms with van der Waals surface area (Å²) in [5.74, 6) is -0.844. The Balaban J connectivity index is 2.83. The number of aromatic amines is 1. The van der Waals surface area contributed by atoms with Gasteiger partial charge in [-0.3, -0.25) is 9.59 Å². The van der Waals surface area contributed by atoms with Gasteiger partial charge in [-0.15, -0.1) is 0 Å². The smallest absolute Gasteiger partial charge is 0.333 e. The minimum absolute atomic E-state index is 0.0736. The van der Waals surface area contributed by atoms with Crippen LogP contribution in [0.4, 0.5) is 13.2 Å². The van der Waals surface area contributed by atoms with Gasteiger partial charge in [0.05, 0.1) is 0 Å². The van der Waals surface area contributed by atoms with Crippen LogP contribution in [0.2, 0.25) is 0 Å². The fourth-order valence-corrected chi connectivity index (χ4v) is 1.14. The second-order valence-electron chi connectivity index (χ2n) is 3.22. The van der Waals surface area contributed by atoms with E-state index in [4.69, 9.17) is 0 Å². The highest BCUT2D eigenvalue weighted by Crippen LogP contribution is 2.16. The molecule has 0 spiro atoms. The van der Waals surface area contributed by atoms with Crippen LogP contribution in [-0.2, 0) is 0 Å². The van der Waals surface area contributed by atoms with E-state index in [2.05, 4.69) is 4.98 Å². The lowest BCUT2D eigenvalue weighted by Gasteiger charge is -2.18. The van der Waals surface area contributed by atoms with Crippen molar-refractivity contribution in [3.05, 3.63) is 34.2 Å². The quantitative estimate of drug-likeness (QED) is 0.830. The SMILES string of the molecule is CN(CC(F)(F)F)C(=O)c1cc[nH]c(=O)c1. The first-order valence-corrected chi connectivity index (χ1v) is 4.30. The van der Waals surface area contributed by atoms with Gasteiger partial charge in [-0.2, -0.15) is 13.2 Å². The maximum Gasteiger partial charge on any atom is 0.406 e. The predicted octanol–water partition coefficient (Wildman–Crippen LogP) is 1.01. The summed E-state index contributed by atoms with van der Waals surface area (Å²) in [7, 11) is 1.02. The molecule has 16 heavy (non-hydrogen) atoms. The molecule has 7 heteroatoms. The molecule has 0 aliphatic carbocycles. The summed E-state index contributed by atoms with van der Waals surface area (Å²) in [6.07, 6.45) is -3.25. The molecule has 0 bridgehead atoms. The standard InChI is InChI=1S/C9H9F3N2O2/c1-14(5-9(10,11)12)8(16)6-2-3-13-7(15)4-6/h2-4H,5H2,1H3,(H,13,15). The number of carbonyl (C=O) groups is 1. The summed E-state index contributed by atoms with van der Waals surface area (Å²) in [6, 6.07) is 2.20. The van der Waals surface area contributed by atoms with Gasteiger partial charge in [-0.25, -0.2) is 0 Å². The summed E-state index contributed by atoms with van der Waals surface area (Å²) < 4.78 is 36.0.